The van der Waals surface area contributed by atoms with Crippen LogP contribution in [-0.2, 0) is 14.9 Å². The van der Waals surface area contributed by atoms with E-state index in [-0.39, 0.29) is 5.75 Å². The number of ether oxygens (including phenoxy) is 1. The minimum Gasteiger partial charge on any atom is -0.381 e. The van der Waals surface area contributed by atoms with Gasteiger partial charge in [0.1, 0.15) is 0 Å². The lowest BCUT2D eigenvalue weighted by Gasteiger charge is -2.17. The van der Waals surface area contributed by atoms with Gasteiger partial charge in [-0.05, 0) is 37.0 Å². The Morgan fingerprint density at radius 2 is 2.12 bits per heavy atom. The van der Waals surface area contributed by atoms with Gasteiger partial charge in [0.25, 0.3) is 10.1 Å². The normalized spacial score (nSPS) is 32.4. The first-order valence-electron chi connectivity index (χ1n) is 5.76. The Morgan fingerprint density at radius 3 is 2.69 bits per heavy atom. The standard InChI is InChI=1S/C11H18O4S/c12-16(13,14)5-1-4-15-8-11-7-9-2-3-10(11)6-9/h2-3,9-11H,1,4-8H2,(H,12,13,14). The van der Waals surface area contributed by atoms with E-state index in [1.54, 1.807) is 0 Å². The maximum absolute atomic E-state index is 10.4. The minimum absolute atomic E-state index is 0.205. The summed E-state index contributed by atoms with van der Waals surface area (Å²) in [6.07, 6.45) is 7.41. The van der Waals surface area contributed by atoms with Crippen molar-refractivity contribution in [3.8, 4) is 0 Å². The SMILES string of the molecule is O=S(=O)(O)CCCOCC1CC2C=CC1C2. The summed E-state index contributed by atoms with van der Waals surface area (Å²) in [5, 5.41) is 0. The number of hydrogen-bond donors (Lipinski definition) is 1. The van der Waals surface area contributed by atoms with Crippen LogP contribution < -0.4 is 0 Å². The summed E-state index contributed by atoms with van der Waals surface area (Å²) in [7, 11) is -3.82. The summed E-state index contributed by atoms with van der Waals surface area (Å²) in [5.41, 5.74) is 0. The van der Waals surface area contributed by atoms with Crippen molar-refractivity contribution in [1.29, 1.82) is 0 Å². The molecule has 2 aliphatic carbocycles. The van der Waals surface area contributed by atoms with Crippen molar-refractivity contribution in [1.82, 2.24) is 0 Å². The van der Waals surface area contributed by atoms with Crippen molar-refractivity contribution in [3.05, 3.63) is 12.2 Å². The molecule has 2 rings (SSSR count). The molecule has 0 spiro atoms. The van der Waals surface area contributed by atoms with Crippen LogP contribution in [0.25, 0.3) is 0 Å². The molecular weight excluding hydrogens is 228 g/mol. The van der Waals surface area contributed by atoms with Gasteiger partial charge in [0, 0.05) is 13.2 Å². The highest BCUT2D eigenvalue weighted by molar-refractivity contribution is 7.85. The van der Waals surface area contributed by atoms with Gasteiger partial charge in [-0.25, -0.2) is 0 Å². The molecule has 0 aromatic heterocycles. The van der Waals surface area contributed by atoms with Gasteiger partial charge in [0.05, 0.1) is 5.75 Å². The maximum Gasteiger partial charge on any atom is 0.264 e. The second-order valence-corrected chi connectivity index (χ2v) is 6.33. The monoisotopic (exact) mass is 246 g/mol. The predicted octanol–water partition coefficient (Wildman–Crippen LogP) is 1.49. The smallest absolute Gasteiger partial charge is 0.264 e. The van der Waals surface area contributed by atoms with E-state index in [2.05, 4.69) is 12.2 Å². The number of hydrogen-bond acceptors (Lipinski definition) is 3. The van der Waals surface area contributed by atoms with E-state index in [4.69, 9.17) is 9.29 Å². The van der Waals surface area contributed by atoms with Crippen molar-refractivity contribution in [2.45, 2.75) is 19.3 Å². The van der Waals surface area contributed by atoms with Gasteiger partial charge in [-0.2, -0.15) is 8.42 Å². The minimum atomic E-state index is -3.82. The Labute approximate surface area is 96.4 Å². The molecule has 1 saturated carbocycles. The molecule has 3 unspecified atom stereocenters. The molecule has 5 heteroatoms. The highest BCUT2D eigenvalue weighted by atomic mass is 32.2. The van der Waals surface area contributed by atoms with Crippen LogP contribution >= 0.6 is 0 Å². The van der Waals surface area contributed by atoms with E-state index < -0.39 is 10.1 Å². The van der Waals surface area contributed by atoms with Crippen molar-refractivity contribution < 1.29 is 17.7 Å². The van der Waals surface area contributed by atoms with Crippen LogP contribution in [-0.4, -0.2) is 31.9 Å². The number of fused-ring (bicyclic) bond motifs is 2. The second kappa shape index (κ2) is 4.85. The molecule has 3 atom stereocenters. The molecule has 92 valence electrons. The van der Waals surface area contributed by atoms with E-state index in [1.165, 1.54) is 12.8 Å². The summed E-state index contributed by atoms with van der Waals surface area (Å²) >= 11 is 0. The molecule has 1 N–H and O–H groups in total. The van der Waals surface area contributed by atoms with Gasteiger partial charge in [0.15, 0.2) is 0 Å². The van der Waals surface area contributed by atoms with E-state index in [0.29, 0.717) is 24.9 Å². The van der Waals surface area contributed by atoms with Crippen molar-refractivity contribution >= 4 is 10.1 Å². The lowest BCUT2D eigenvalue weighted by molar-refractivity contribution is 0.0913. The zero-order valence-electron chi connectivity index (χ0n) is 9.21. The first kappa shape index (κ1) is 12.1. The zero-order chi connectivity index (χ0) is 11.6. The van der Waals surface area contributed by atoms with Crippen molar-refractivity contribution in [3.63, 3.8) is 0 Å². The zero-order valence-corrected chi connectivity index (χ0v) is 10.0. The van der Waals surface area contributed by atoms with Crippen LogP contribution in [0, 0.1) is 17.8 Å². The van der Waals surface area contributed by atoms with Gasteiger partial charge >= 0.3 is 0 Å². The Hall–Kier alpha value is -0.390. The Kier molecular flexibility index (Phi) is 3.66. The first-order chi connectivity index (χ1) is 7.54. The molecule has 0 radical (unpaired) electrons. The molecule has 1 fully saturated rings. The van der Waals surface area contributed by atoms with Gasteiger partial charge in [-0.15, -0.1) is 0 Å². The third kappa shape index (κ3) is 3.30. The number of allylic oxidation sites excluding steroid dienone is 2. The molecule has 2 aliphatic rings. The molecule has 0 saturated heterocycles. The molecule has 0 aromatic rings. The predicted molar refractivity (Wildman–Crippen MR) is 60.7 cm³/mol. The Bertz CT molecular complexity index is 360. The Morgan fingerprint density at radius 1 is 1.31 bits per heavy atom. The lowest BCUT2D eigenvalue weighted by atomic mass is 9.95. The van der Waals surface area contributed by atoms with Crippen LogP contribution in [0.5, 0.6) is 0 Å². The average molecular weight is 246 g/mol. The molecular formula is C11H18O4S. The van der Waals surface area contributed by atoms with E-state index >= 15 is 0 Å². The number of rotatable bonds is 6. The molecule has 0 aromatic carbocycles. The largest absolute Gasteiger partial charge is 0.381 e. The van der Waals surface area contributed by atoms with Crippen LogP contribution in [0.3, 0.4) is 0 Å². The fourth-order valence-electron chi connectivity index (χ4n) is 2.66. The van der Waals surface area contributed by atoms with Crippen LogP contribution in [0.1, 0.15) is 19.3 Å². The molecule has 4 nitrogen and oxygen atoms in total. The molecule has 16 heavy (non-hydrogen) atoms. The first-order valence-corrected chi connectivity index (χ1v) is 7.37. The van der Waals surface area contributed by atoms with Gasteiger partial charge in [-0.3, -0.25) is 4.55 Å². The van der Waals surface area contributed by atoms with Crippen LogP contribution in [0.4, 0.5) is 0 Å². The van der Waals surface area contributed by atoms with E-state index in [1.807, 2.05) is 0 Å². The van der Waals surface area contributed by atoms with E-state index in [0.717, 1.165) is 12.5 Å². The van der Waals surface area contributed by atoms with E-state index in [9.17, 15) is 8.42 Å². The second-order valence-electron chi connectivity index (χ2n) is 4.75. The third-order valence-electron chi connectivity index (χ3n) is 3.44. The molecule has 2 bridgehead atoms. The van der Waals surface area contributed by atoms with Crippen molar-refractivity contribution in [2.24, 2.45) is 17.8 Å². The summed E-state index contributed by atoms with van der Waals surface area (Å²) in [5.74, 6) is 1.83. The van der Waals surface area contributed by atoms with Crippen LogP contribution in [0.15, 0.2) is 12.2 Å². The van der Waals surface area contributed by atoms with Gasteiger partial charge < -0.3 is 4.74 Å². The quantitative estimate of drug-likeness (QED) is 0.438. The fraction of sp³-hybridized carbons (Fsp3) is 0.818. The summed E-state index contributed by atoms with van der Waals surface area (Å²) < 4.78 is 34.9. The molecule has 0 heterocycles. The highest BCUT2D eigenvalue weighted by Gasteiger charge is 2.35. The van der Waals surface area contributed by atoms with Gasteiger partial charge in [-0.1, -0.05) is 12.2 Å². The maximum atomic E-state index is 10.4. The third-order valence-corrected chi connectivity index (χ3v) is 4.24. The fourth-order valence-corrected chi connectivity index (χ4v) is 3.15. The lowest BCUT2D eigenvalue weighted by Crippen LogP contribution is -2.16. The summed E-state index contributed by atoms with van der Waals surface area (Å²) in [4.78, 5) is 0. The van der Waals surface area contributed by atoms with Gasteiger partial charge in [0.2, 0.25) is 0 Å². The highest BCUT2D eigenvalue weighted by Crippen LogP contribution is 2.43. The molecule has 0 amide bonds. The topological polar surface area (TPSA) is 63.6 Å². The summed E-state index contributed by atoms with van der Waals surface area (Å²) in [6, 6.07) is 0. The van der Waals surface area contributed by atoms with Crippen LogP contribution in [0.2, 0.25) is 0 Å². The Balaban J connectivity index is 1.57. The average Bonchev–Trinajstić information content (AvgIpc) is 2.76. The molecule has 0 aliphatic heterocycles. The van der Waals surface area contributed by atoms with Crippen molar-refractivity contribution in [2.75, 3.05) is 19.0 Å². The summed E-state index contributed by atoms with van der Waals surface area (Å²) in [6.45, 7) is 1.13.